The third-order valence-electron chi connectivity index (χ3n) is 4.38. The lowest BCUT2D eigenvalue weighted by Crippen LogP contribution is -2.19. The van der Waals surface area contributed by atoms with Crippen LogP contribution < -0.4 is 5.43 Å². The second-order valence-electron chi connectivity index (χ2n) is 6.50. The van der Waals surface area contributed by atoms with Gasteiger partial charge in [-0.2, -0.15) is 5.10 Å². The maximum atomic E-state index is 12.6. The third-order valence-corrected chi connectivity index (χ3v) is 4.38. The highest BCUT2D eigenvalue weighted by molar-refractivity contribution is 5.92. The zero-order chi connectivity index (χ0) is 21.6. The van der Waals surface area contributed by atoms with Crippen LogP contribution in [0.25, 0.3) is 17.1 Å². The fourth-order valence-corrected chi connectivity index (χ4v) is 2.86. The number of carbonyl (C=O) groups is 2. The standard InChI is InChI=1S/C23H17N5O3/c29-22(26-24-15-16-11-13-18(14-12-16)23(30)31)20-25-21(17-7-3-1-4-8-17)28(27-20)19-9-5-2-6-10-19/h1-15H,(H,26,29)(H,30,31). The van der Waals surface area contributed by atoms with Crippen molar-refractivity contribution in [3.63, 3.8) is 0 Å². The Morgan fingerprint density at radius 3 is 2.19 bits per heavy atom. The molecule has 0 radical (unpaired) electrons. The minimum Gasteiger partial charge on any atom is -0.478 e. The molecule has 0 aliphatic rings. The summed E-state index contributed by atoms with van der Waals surface area (Å²) in [4.78, 5) is 27.9. The normalized spacial score (nSPS) is 10.8. The van der Waals surface area contributed by atoms with Crippen molar-refractivity contribution in [3.8, 4) is 17.1 Å². The highest BCUT2D eigenvalue weighted by atomic mass is 16.4. The minimum atomic E-state index is -1.01. The Morgan fingerprint density at radius 1 is 0.903 bits per heavy atom. The molecule has 4 aromatic rings. The van der Waals surface area contributed by atoms with E-state index in [1.54, 1.807) is 16.8 Å². The number of aromatic nitrogens is 3. The molecule has 0 atom stereocenters. The molecule has 2 N–H and O–H groups in total. The number of para-hydroxylation sites is 1. The predicted octanol–water partition coefficient (Wildman–Crippen LogP) is 3.40. The second-order valence-corrected chi connectivity index (χ2v) is 6.50. The summed E-state index contributed by atoms with van der Waals surface area (Å²) in [5.74, 6) is -1.07. The average Bonchev–Trinajstić information content (AvgIpc) is 3.26. The Bertz CT molecular complexity index is 1180. The van der Waals surface area contributed by atoms with E-state index in [9.17, 15) is 9.59 Å². The van der Waals surface area contributed by atoms with Crippen molar-refractivity contribution in [1.82, 2.24) is 20.2 Å². The molecule has 1 heterocycles. The van der Waals surface area contributed by atoms with E-state index in [0.717, 1.165) is 11.3 Å². The predicted molar refractivity (Wildman–Crippen MR) is 115 cm³/mol. The average molecular weight is 411 g/mol. The van der Waals surface area contributed by atoms with Gasteiger partial charge < -0.3 is 5.11 Å². The topological polar surface area (TPSA) is 109 Å². The van der Waals surface area contributed by atoms with Gasteiger partial charge in [-0.15, -0.1) is 5.10 Å². The van der Waals surface area contributed by atoms with Crippen molar-refractivity contribution in [2.45, 2.75) is 0 Å². The Hall–Kier alpha value is -4.59. The molecule has 0 saturated carbocycles. The van der Waals surface area contributed by atoms with Crippen LogP contribution in [0.4, 0.5) is 0 Å². The van der Waals surface area contributed by atoms with E-state index in [1.165, 1.54) is 18.3 Å². The van der Waals surface area contributed by atoms with Crippen LogP contribution in [-0.2, 0) is 0 Å². The number of amides is 1. The first kappa shape index (κ1) is 19.7. The molecular weight excluding hydrogens is 394 g/mol. The van der Waals surface area contributed by atoms with E-state index in [4.69, 9.17) is 5.11 Å². The number of hydrazone groups is 1. The molecule has 8 heteroatoms. The van der Waals surface area contributed by atoms with Gasteiger partial charge in [0.1, 0.15) is 0 Å². The van der Waals surface area contributed by atoms with Crippen LogP contribution in [-0.4, -0.2) is 38.0 Å². The maximum absolute atomic E-state index is 12.6. The zero-order valence-corrected chi connectivity index (χ0v) is 16.2. The molecule has 31 heavy (non-hydrogen) atoms. The summed E-state index contributed by atoms with van der Waals surface area (Å²) in [5, 5.41) is 17.2. The number of aromatic carboxylic acids is 1. The van der Waals surface area contributed by atoms with E-state index in [2.05, 4.69) is 20.6 Å². The molecule has 0 aliphatic carbocycles. The molecule has 0 spiro atoms. The van der Waals surface area contributed by atoms with Gasteiger partial charge in [-0.3, -0.25) is 4.79 Å². The summed E-state index contributed by atoms with van der Waals surface area (Å²) in [6.07, 6.45) is 1.41. The van der Waals surface area contributed by atoms with E-state index in [1.807, 2.05) is 60.7 Å². The highest BCUT2D eigenvalue weighted by Gasteiger charge is 2.18. The van der Waals surface area contributed by atoms with E-state index in [-0.39, 0.29) is 11.4 Å². The number of hydrogen-bond acceptors (Lipinski definition) is 5. The Balaban J connectivity index is 1.57. The smallest absolute Gasteiger partial charge is 0.335 e. The fraction of sp³-hybridized carbons (Fsp3) is 0. The summed E-state index contributed by atoms with van der Waals surface area (Å²) in [7, 11) is 0. The van der Waals surface area contributed by atoms with Crippen LogP contribution >= 0.6 is 0 Å². The van der Waals surface area contributed by atoms with Gasteiger partial charge in [-0.25, -0.2) is 19.9 Å². The number of carbonyl (C=O) groups excluding carboxylic acids is 1. The van der Waals surface area contributed by atoms with Gasteiger partial charge >= 0.3 is 11.9 Å². The molecule has 4 rings (SSSR count). The van der Waals surface area contributed by atoms with Gasteiger partial charge in [0.15, 0.2) is 5.82 Å². The van der Waals surface area contributed by atoms with Gasteiger partial charge in [0.25, 0.3) is 0 Å². The molecule has 0 aliphatic heterocycles. The van der Waals surface area contributed by atoms with Gasteiger partial charge in [0, 0.05) is 5.56 Å². The SMILES string of the molecule is O=C(O)c1ccc(C=NNC(=O)c2nc(-c3ccccc3)n(-c3ccccc3)n2)cc1. The minimum absolute atomic E-state index is 0.0268. The summed E-state index contributed by atoms with van der Waals surface area (Å²) in [6, 6.07) is 25.0. The first-order valence-electron chi connectivity index (χ1n) is 9.36. The zero-order valence-electron chi connectivity index (χ0n) is 16.2. The summed E-state index contributed by atoms with van der Waals surface area (Å²) >= 11 is 0. The van der Waals surface area contributed by atoms with Crippen molar-refractivity contribution in [2.75, 3.05) is 0 Å². The van der Waals surface area contributed by atoms with Crippen molar-refractivity contribution in [2.24, 2.45) is 5.10 Å². The monoisotopic (exact) mass is 411 g/mol. The van der Waals surface area contributed by atoms with Crippen LogP contribution in [0.2, 0.25) is 0 Å². The molecule has 3 aromatic carbocycles. The van der Waals surface area contributed by atoms with Gasteiger partial charge in [0.2, 0.25) is 5.82 Å². The molecule has 8 nitrogen and oxygen atoms in total. The first-order valence-corrected chi connectivity index (χ1v) is 9.36. The van der Waals surface area contributed by atoms with E-state index in [0.29, 0.717) is 11.4 Å². The van der Waals surface area contributed by atoms with Crippen LogP contribution in [0.5, 0.6) is 0 Å². The van der Waals surface area contributed by atoms with Gasteiger partial charge in [0.05, 0.1) is 17.5 Å². The second kappa shape index (κ2) is 8.83. The molecule has 1 aromatic heterocycles. The largest absolute Gasteiger partial charge is 0.478 e. The molecule has 0 saturated heterocycles. The molecule has 0 fully saturated rings. The summed E-state index contributed by atoms with van der Waals surface area (Å²) in [5.41, 5.74) is 4.81. The van der Waals surface area contributed by atoms with Gasteiger partial charge in [-0.05, 0) is 29.8 Å². The lowest BCUT2D eigenvalue weighted by molar-refractivity contribution is 0.0696. The highest BCUT2D eigenvalue weighted by Crippen LogP contribution is 2.20. The van der Waals surface area contributed by atoms with Crippen molar-refractivity contribution < 1.29 is 14.7 Å². The lowest BCUT2D eigenvalue weighted by atomic mass is 10.1. The number of hydrogen-bond donors (Lipinski definition) is 2. The van der Waals surface area contributed by atoms with Crippen molar-refractivity contribution >= 4 is 18.1 Å². The van der Waals surface area contributed by atoms with Crippen LogP contribution in [0.3, 0.4) is 0 Å². The Morgan fingerprint density at radius 2 is 1.55 bits per heavy atom. The van der Waals surface area contributed by atoms with Crippen LogP contribution in [0.1, 0.15) is 26.5 Å². The third kappa shape index (κ3) is 4.54. The van der Waals surface area contributed by atoms with E-state index >= 15 is 0 Å². The summed E-state index contributed by atoms with van der Waals surface area (Å²) in [6.45, 7) is 0. The number of benzene rings is 3. The summed E-state index contributed by atoms with van der Waals surface area (Å²) < 4.78 is 1.61. The molecular formula is C23H17N5O3. The Kier molecular flexibility index (Phi) is 5.62. The number of carboxylic acid groups (broad SMARTS) is 1. The van der Waals surface area contributed by atoms with Crippen LogP contribution in [0, 0.1) is 0 Å². The fourth-order valence-electron chi connectivity index (χ4n) is 2.86. The first-order chi connectivity index (χ1) is 15.1. The van der Waals surface area contributed by atoms with Crippen molar-refractivity contribution in [3.05, 3.63) is 102 Å². The quantitative estimate of drug-likeness (QED) is 0.373. The number of nitrogens with zero attached hydrogens (tertiary/aromatic N) is 4. The molecule has 152 valence electrons. The Labute approximate surface area is 177 Å². The van der Waals surface area contributed by atoms with E-state index < -0.39 is 11.9 Å². The van der Waals surface area contributed by atoms with Crippen LogP contribution in [0.15, 0.2) is 90.0 Å². The number of carboxylic acids is 1. The molecule has 0 bridgehead atoms. The van der Waals surface area contributed by atoms with Gasteiger partial charge in [-0.1, -0.05) is 60.7 Å². The van der Waals surface area contributed by atoms with Crippen molar-refractivity contribution in [1.29, 1.82) is 0 Å². The molecule has 1 amide bonds. The number of nitrogens with one attached hydrogen (secondary N) is 1. The lowest BCUT2D eigenvalue weighted by Gasteiger charge is -2.05. The number of rotatable bonds is 6. The molecule has 0 unspecified atom stereocenters. The maximum Gasteiger partial charge on any atom is 0.335 e.